The molecule has 4 nitrogen and oxygen atoms in total. The number of fused-ring (bicyclic) bond motifs is 4. The highest BCUT2D eigenvalue weighted by Gasteiger charge is 2.58. The summed E-state index contributed by atoms with van der Waals surface area (Å²) in [5.74, 6) is -2.31. The van der Waals surface area contributed by atoms with E-state index in [-0.39, 0.29) is 11.1 Å². The molecule has 2 aliphatic rings. The molecule has 0 unspecified atom stereocenters. The van der Waals surface area contributed by atoms with E-state index in [4.69, 9.17) is 0 Å². The van der Waals surface area contributed by atoms with Crippen LogP contribution >= 0.6 is 31.9 Å². The molecule has 4 rings (SSSR count). The molecule has 0 saturated heterocycles. The monoisotopic (exact) mass is 460 g/mol. The zero-order chi connectivity index (χ0) is 17.9. The van der Waals surface area contributed by atoms with Gasteiger partial charge in [-0.3, -0.25) is 0 Å². The van der Waals surface area contributed by atoms with E-state index in [1.807, 2.05) is 0 Å². The maximum Gasteiger partial charge on any atom is 0.334 e. The van der Waals surface area contributed by atoms with Gasteiger partial charge in [0.2, 0.25) is 0 Å². The molecule has 0 aliphatic heterocycles. The Hall–Kier alpha value is -2.18. The number of aliphatic carboxylic acids is 2. The molecule has 0 heterocycles. The summed E-state index contributed by atoms with van der Waals surface area (Å²) in [4.78, 5) is 24.4. The number of benzene rings is 2. The SMILES string of the molecule is O=C(O)C1=C(Br)c2ccccc2C12C(C(=O)O)=C(Br)c1ccccc12. The highest BCUT2D eigenvalue weighted by molar-refractivity contribution is 9.15. The maximum atomic E-state index is 12.2. The van der Waals surface area contributed by atoms with E-state index in [2.05, 4.69) is 31.9 Å². The topological polar surface area (TPSA) is 74.6 Å². The molecule has 2 aliphatic carbocycles. The van der Waals surface area contributed by atoms with Crippen molar-refractivity contribution in [3.05, 3.63) is 81.9 Å². The van der Waals surface area contributed by atoms with E-state index in [1.165, 1.54) is 0 Å². The molecular formula is C19H10Br2O4. The lowest BCUT2D eigenvalue weighted by molar-refractivity contribution is -0.133. The minimum Gasteiger partial charge on any atom is -0.478 e. The van der Waals surface area contributed by atoms with Crippen LogP contribution in [0, 0.1) is 0 Å². The number of carboxylic acids is 2. The molecule has 2 aromatic rings. The molecule has 6 heteroatoms. The normalized spacial score (nSPS) is 17.0. The van der Waals surface area contributed by atoms with Crippen LogP contribution in [0.5, 0.6) is 0 Å². The number of halogens is 2. The molecule has 0 atom stereocenters. The number of hydrogen-bond donors (Lipinski definition) is 2. The summed E-state index contributed by atoms with van der Waals surface area (Å²) in [6, 6.07) is 14.4. The molecular weight excluding hydrogens is 452 g/mol. The predicted octanol–water partition coefficient (Wildman–Crippen LogP) is 4.38. The van der Waals surface area contributed by atoms with Crippen LogP contribution in [0.15, 0.2) is 59.7 Å². The van der Waals surface area contributed by atoms with Crippen LogP contribution in [0.3, 0.4) is 0 Å². The summed E-state index contributed by atoms with van der Waals surface area (Å²) >= 11 is 6.81. The molecule has 2 aromatic carbocycles. The first-order valence-electron chi connectivity index (χ1n) is 7.39. The lowest BCUT2D eigenvalue weighted by atomic mass is 9.69. The smallest absolute Gasteiger partial charge is 0.334 e. The van der Waals surface area contributed by atoms with Crippen molar-refractivity contribution in [2.24, 2.45) is 0 Å². The first-order chi connectivity index (χ1) is 11.9. The van der Waals surface area contributed by atoms with Gasteiger partial charge in [0.15, 0.2) is 0 Å². The average Bonchev–Trinajstić information content (AvgIpc) is 3.00. The fourth-order valence-corrected chi connectivity index (χ4v) is 5.54. The summed E-state index contributed by atoms with van der Waals surface area (Å²) in [5, 5.41) is 19.9. The largest absolute Gasteiger partial charge is 0.478 e. The van der Waals surface area contributed by atoms with E-state index in [9.17, 15) is 19.8 Å². The van der Waals surface area contributed by atoms with E-state index < -0.39 is 17.4 Å². The Labute approximate surface area is 159 Å². The van der Waals surface area contributed by atoms with Crippen molar-refractivity contribution in [1.82, 2.24) is 0 Å². The number of hydrogen-bond acceptors (Lipinski definition) is 2. The van der Waals surface area contributed by atoms with Crippen molar-refractivity contribution in [3.63, 3.8) is 0 Å². The third-order valence-corrected chi connectivity index (χ3v) is 6.40. The molecule has 25 heavy (non-hydrogen) atoms. The summed E-state index contributed by atoms with van der Waals surface area (Å²) < 4.78 is 0.817. The summed E-state index contributed by atoms with van der Waals surface area (Å²) in [7, 11) is 0. The van der Waals surface area contributed by atoms with Crippen molar-refractivity contribution >= 4 is 52.8 Å². The van der Waals surface area contributed by atoms with E-state index >= 15 is 0 Å². The lowest BCUT2D eigenvalue weighted by Crippen LogP contribution is -2.35. The van der Waals surface area contributed by atoms with Crippen molar-refractivity contribution < 1.29 is 19.8 Å². The minimum absolute atomic E-state index is 0.0213. The van der Waals surface area contributed by atoms with Crippen molar-refractivity contribution in [2.75, 3.05) is 0 Å². The Bertz CT molecular complexity index is 950. The zero-order valence-corrected chi connectivity index (χ0v) is 15.8. The van der Waals surface area contributed by atoms with E-state index in [1.54, 1.807) is 48.5 Å². The Balaban J connectivity index is 2.26. The van der Waals surface area contributed by atoms with Crippen LogP contribution in [-0.4, -0.2) is 22.2 Å². The van der Waals surface area contributed by atoms with Gasteiger partial charge in [0, 0.05) is 8.96 Å². The van der Waals surface area contributed by atoms with Gasteiger partial charge in [-0.2, -0.15) is 0 Å². The van der Waals surface area contributed by atoms with Crippen LogP contribution in [0.2, 0.25) is 0 Å². The molecule has 0 aromatic heterocycles. The molecule has 0 saturated carbocycles. The summed E-state index contributed by atoms with van der Waals surface area (Å²) in [5.41, 5.74) is 1.37. The summed E-state index contributed by atoms with van der Waals surface area (Å²) in [6.07, 6.45) is 0. The van der Waals surface area contributed by atoms with Crippen LogP contribution in [0.25, 0.3) is 8.96 Å². The maximum absolute atomic E-state index is 12.2. The second kappa shape index (κ2) is 5.41. The minimum atomic E-state index is -1.36. The van der Waals surface area contributed by atoms with Crippen molar-refractivity contribution in [2.45, 2.75) is 5.41 Å². The van der Waals surface area contributed by atoms with E-state index in [0.717, 1.165) is 0 Å². The lowest BCUT2D eigenvalue weighted by Gasteiger charge is -2.30. The highest BCUT2D eigenvalue weighted by atomic mass is 79.9. The average molecular weight is 462 g/mol. The molecule has 0 fully saturated rings. The van der Waals surface area contributed by atoms with Crippen molar-refractivity contribution in [3.8, 4) is 0 Å². The van der Waals surface area contributed by atoms with Gasteiger partial charge in [-0.05, 0) is 54.1 Å². The van der Waals surface area contributed by atoms with E-state index in [0.29, 0.717) is 31.2 Å². The standard InChI is InChI=1S/C19H10Br2O4/c20-15-9-5-1-3-7-11(9)19(13(15)17(22)23)12-8-4-2-6-10(12)16(21)14(19)18(24)25/h1-8H,(H,22,23)(H,24,25). The third kappa shape index (κ3) is 1.86. The zero-order valence-electron chi connectivity index (χ0n) is 12.6. The van der Waals surface area contributed by atoms with Gasteiger partial charge < -0.3 is 10.2 Å². The van der Waals surface area contributed by atoms with Gasteiger partial charge in [0.25, 0.3) is 0 Å². The molecule has 0 amide bonds. The van der Waals surface area contributed by atoms with Crippen LogP contribution < -0.4 is 0 Å². The fourth-order valence-electron chi connectivity index (χ4n) is 3.92. The fraction of sp³-hybridized carbons (Fsp3) is 0.0526. The third-order valence-electron chi connectivity index (χ3n) is 4.75. The number of carboxylic acid groups (broad SMARTS) is 2. The van der Waals surface area contributed by atoms with Gasteiger partial charge in [-0.15, -0.1) is 0 Å². The van der Waals surface area contributed by atoms with Gasteiger partial charge in [0.1, 0.15) is 0 Å². The Morgan fingerprint density at radius 1 is 0.720 bits per heavy atom. The summed E-state index contributed by atoms with van der Waals surface area (Å²) in [6.45, 7) is 0. The predicted molar refractivity (Wildman–Crippen MR) is 101 cm³/mol. The number of carbonyl (C=O) groups is 2. The van der Waals surface area contributed by atoms with Gasteiger partial charge >= 0.3 is 11.9 Å². The van der Waals surface area contributed by atoms with Gasteiger partial charge in [0.05, 0.1) is 16.6 Å². The first kappa shape index (κ1) is 16.3. The number of rotatable bonds is 2. The molecule has 1 spiro atoms. The molecule has 124 valence electrons. The highest BCUT2D eigenvalue weighted by Crippen LogP contribution is 2.62. The van der Waals surface area contributed by atoms with Crippen LogP contribution in [0.4, 0.5) is 0 Å². The second-order valence-electron chi connectivity index (χ2n) is 5.83. The quantitative estimate of drug-likeness (QED) is 0.695. The Kier molecular flexibility index (Phi) is 3.53. The van der Waals surface area contributed by atoms with Crippen LogP contribution in [0.1, 0.15) is 22.3 Å². The Morgan fingerprint density at radius 2 is 1.08 bits per heavy atom. The second-order valence-corrected chi connectivity index (χ2v) is 7.42. The van der Waals surface area contributed by atoms with Crippen LogP contribution in [-0.2, 0) is 15.0 Å². The molecule has 2 N–H and O–H groups in total. The van der Waals surface area contributed by atoms with Crippen molar-refractivity contribution in [1.29, 1.82) is 0 Å². The van der Waals surface area contributed by atoms with Gasteiger partial charge in [-0.25, -0.2) is 9.59 Å². The van der Waals surface area contributed by atoms with Gasteiger partial charge in [-0.1, -0.05) is 48.5 Å². The first-order valence-corrected chi connectivity index (χ1v) is 8.97. The molecule has 0 radical (unpaired) electrons. The Morgan fingerprint density at radius 3 is 1.44 bits per heavy atom. The molecule has 0 bridgehead atoms.